The fourth-order valence-corrected chi connectivity index (χ4v) is 2.35. The Hall–Kier alpha value is -0.520. The number of allylic oxidation sites excluding steroid dienone is 3. The Bertz CT molecular complexity index is 230. The largest absolute Gasteiger partial charge is 0.0995 e. The molecule has 1 rings (SSSR count). The van der Waals surface area contributed by atoms with E-state index in [0.717, 1.165) is 0 Å². The predicted molar refractivity (Wildman–Crippen MR) is 59.7 cm³/mol. The zero-order valence-corrected chi connectivity index (χ0v) is 9.48. The molecule has 0 heterocycles. The van der Waals surface area contributed by atoms with Crippen molar-refractivity contribution in [2.24, 2.45) is 11.3 Å². The summed E-state index contributed by atoms with van der Waals surface area (Å²) in [5.41, 5.74) is 3.45. The molecule has 1 unspecified atom stereocenters. The van der Waals surface area contributed by atoms with Crippen LogP contribution >= 0.6 is 0 Å². The van der Waals surface area contributed by atoms with E-state index in [9.17, 15) is 0 Å². The molecular formula is C13H22. The molecule has 13 heavy (non-hydrogen) atoms. The van der Waals surface area contributed by atoms with Gasteiger partial charge in [0, 0.05) is 5.92 Å². The molecule has 1 fully saturated rings. The summed E-state index contributed by atoms with van der Waals surface area (Å²) in [6, 6.07) is 0. The fraction of sp³-hybridized carbons (Fsp3) is 0.692. The monoisotopic (exact) mass is 178 g/mol. The van der Waals surface area contributed by atoms with Gasteiger partial charge in [0.15, 0.2) is 0 Å². The summed E-state index contributed by atoms with van der Waals surface area (Å²) in [5.74, 6) is 0.665. The minimum atomic E-state index is 0.508. The molecule has 74 valence electrons. The quantitative estimate of drug-likeness (QED) is 0.524. The molecule has 0 aromatic rings. The van der Waals surface area contributed by atoms with Crippen molar-refractivity contribution in [1.82, 2.24) is 0 Å². The third-order valence-corrected chi connectivity index (χ3v) is 3.21. The number of hydrogen-bond acceptors (Lipinski definition) is 0. The highest BCUT2D eigenvalue weighted by atomic mass is 14.3. The van der Waals surface area contributed by atoms with Gasteiger partial charge < -0.3 is 0 Å². The second-order valence-electron chi connectivity index (χ2n) is 5.14. The molecule has 1 atom stereocenters. The van der Waals surface area contributed by atoms with E-state index in [-0.39, 0.29) is 0 Å². The van der Waals surface area contributed by atoms with E-state index < -0.39 is 0 Å². The first kappa shape index (κ1) is 10.6. The molecule has 1 saturated carbocycles. The van der Waals surface area contributed by atoms with Gasteiger partial charge in [0.05, 0.1) is 0 Å². The van der Waals surface area contributed by atoms with Crippen LogP contribution in [0.1, 0.15) is 47.0 Å². The van der Waals surface area contributed by atoms with Gasteiger partial charge in [-0.3, -0.25) is 0 Å². The summed E-state index contributed by atoms with van der Waals surface area (Å²) >= 11 is 0. The summed E-state index contributed by atoms with van der Waals surface area (Å²) < 4.78 is 0. The van der Waals surface area contributed by atoms with Crippen LogP contribution in [0.5, 0.6) is 0 Å². The lowest BCUT2D eigenvalue weighted by molar-refractivity contribution is 0.262. The molecule has 1 aliphatic carbocycles. The average molecular weight is 178 g/mol. The summed E-state index contributed by atoms with van der Waals surface area (Å²) in [6.45, 7) is 13.1. The van der Waals surface area contributed by atoms with E-state index in [1.54, 1.807) is 5.57 Å². The molecule has 0 N–H and O–H groups in total. The van der Waals surface area contributed by atoms with Crippen LogP contribution in [0.3, 0.4) is 0 Å². The summed E-state index contributed by atoms with van der Waals surface area (Å²) in [5, 5.41) is 0. The van der Waals surface area contributed by atoms with E-state index in [0.29, 0.717) is 11.3 Å². The maximum atomic E-state index is 4.08. The highest BCUT2D eigenvalue weighted by Crippen LogP contribution is 2.43. The van der Waals surface area contributed by atoms with Crippen LogP contribution in [0.15, 0.2) is 23.8 Å². The summed E-state index contributed by atoms with van der Waals surface area (Å²) in [6.07, 6.45) is 6.17. The van der Waals surface area contributed by atoms with E-state index in [2.05, 4.69) is 40.3 Å². The van der Waals surface area contributed by atoms with Crippen molar-refractivity contribution in [3.8, 4) is 0 Å². The van der Waals surface area contributed by atoms with Gasteiger partial charge in [0.25, 0.3) is 0 Å². The van der Waals surface area contributed by atoms with Crippen molar-refractivity contribution in [1.29, 1.82) is 0 Å². The third-order valence-electron chi connectivity index (χ3n) is 3.21. The van der Waals surface area contributed by atoms with E-state index in [1.807, 2.05) is 0 Å². The molecule has 0 nitrogen and oxygen atoms in total. The Morgan fingerprint density at radius 3 is 2.62 bits per heavy atom. The van der Waals surface area contributed by atoms with Crippen molar-refractivity contribution in [3.63, 3.8) is 0 Å². The molecule has 0 radical (unpaired) electrons. The first-order chi connectivity index (χ1) is 5.96. The Balaban J connectivity index is 2.79. The lowest BCUT2D eigenvalue weighted by Crippen LogP contribution is -2.24. The van der Waals surface area contributed by atoms with Crippen LogP contribution in [0.25, 0.3) is 0 Å². The van der Waals surface area contributed by atoms with Gasteiger partial charge in [-0.05, 0) is 38.5 Å². The molecule has 0 heteroatoms. The Kier molecular flexibility index (Phi) is 3.00. The van der Waals surface area contributed by atoms with Gasteiger partial charge in [-0.2, -0.15) is 0 Å². The van der Waals surface area contributed by atoms with Gasteiger partial charge in [0.2, 0.25) is 0 Å². The Labute approximate surface area is 82.7 Å². The van der Waals surface area contributed by atoms with Crippen LogP contribution < -0.4 is 0 Å². The number of rotatable bonds is 1. The van der Waals surface area contributed by atoms with E-state index in [4.69, 9.17) is 0 Å². The normalized spacial score (nSPS) is 30.5. The van der Waals surface area contributed by atoms with Crippen LogP contribution in [-0.2, 0) is 0 Å². The summed E-state index contributed by atoms with van der Waals surface area (Å²) in [7, 11) is 0. The lowest BCUT2D eigenvalue weighted by Gasteiger charge is -2.37. The highest BCUT2D eigenvalue weighted by molar-refractivity contribution is 5.21. The zero-order valence-electron chi connectivity index (χ0n) is 9.48. The van der Waals surface area contributed by atoms with Crippen LogP contribution in [0.4, 0.5) is 0 Å². The molecular weight excluding hydrogens is 156 g/mol. The molecule has 0 aromatic heterocycles. The van der Waals surface area contributed by atoms with Crippen LogP contribution in [-0.4, -0.2) is 0 Å². The first-order valence-electron chi connectivity index (χ1n) is 5.27. The smallest absolute Gasteiger partial charge is 0.000176 e. The molecule has 0 aliphatic heterocycles. The zero-order chi connectivity index (χ0) is 10.1. The second-order valence-corrected chi connectivity index (χ2v) is 5.14. The molecule has 0 saturated heterocycles. The van der Waals surface area contributed by atoms with E-state index in [1.165, 1.54) is 24.8 Å². The van der Waals surface area contributed by atoms with Gasteiger partial charge in [-0.15, -0.1) is 0 Å². The van der Waals surface area contributed by atoms with Gasteiger partial charge in [0.1, 0.15) is 0 Å². The lowest BCUT2D eigenvalue weighted by atomic mass is 9.68. The van der Waals surface area contributed by atoms with Crippen LogP contribution in [0, 0.1) is 11.3 Å². The Morgan fingerprint density at radius 1 is 1.54 bits per heavy atom. The minimum Gasteiger partial charge on any atom is -0.0995 e. The summed E-state index contributed by atoms with van der Waals surface area (Å²) in [4.78, 5) is 0. The minimum absolute atomic E-state index is 0.508. The standard InChI is InChI=1S/C13H22/c1-6-11-9-13(4,5)8-7-12(11)10(2)3/h6,12H,2,7-9H2,1,3-5H3/b11-6+. The van der Waals surface area contributed by atoms with Gasteiger partial charge in [-0.25, -0.2) is 0 Å². The Morgan fingerprint density at radius 2 is 2.15 bits per heavy atom. The van der Waals surface area contributed by atoms with Crippen molar-refractivity contribution >= 4 is 0 Å². The maximum absolute atomic E-state index is 4.08. The predicted octanol–water partition coefficient (Wildman–Crippen LogP) is 4.34. The molecule has 0 aromatic carbocycles. The second kappa shape index (κ2) is 3.69. The van der Waals surface area contributed by atoms with Crippen molar-refractivity contribution in [2.45, 2.75) is 47.0 Å². The van der Waals surface area contributed by atoms with Gasteiger partial charge in [-0.1, -0.05) is 37.6 Å². The van der Waals surface area contributed by atoms with E-state index >= 15 is 0 Å². The van der Waals surface area contributed by atoms with Crippen molar-refractivity contribution in [3.05, 3.63) is 23.8 Å². The SMILES string of the molecule is C=C(C)C1CCC(C)(C)C/C1=C\C. The topological polar surface area (TPSA) is 0 Å². The third kappa shape index (κ3) is 2.46. The van der Waals surface area contributed by atoms with Gasteiger partial charge >= 0.3 is 0 Å². The molecule has 0 amide bonds. The van der Waals surface area contributed by atoms with Crippen molar-refractivity contribution < 1.29 is 0 Å². The molecule has 0 bridgehead atoms. The fourth-order valence-electron chi connectivity index (χ4n) is 2.35. The van der Waals surface area contributed by atoms with Crippen LogP contribution in [0.2, 0.25) is 0 Å². The average Bonchev–Trinajstić information content (AvgIpc) is 2.01. The van der Waals surface area contributed by atoms with Crippen molar-refractivity contribution in [2.75, 3.05) is 0 Å². The number of hydrogen-bond donors (Lipinski definition) is 0. The highest BCUT2D eigenvalue weighted by Gasteiger charge is 2.30. The molecule has 1 aliphatic rings. The first-order valence-corrected chi connectivity index (χ1v) is 5.27. The molecule has 0 spiro atoms. The maximum Gasteiger partial charge on any atom is 0.000176 e.